The summed E-state index contributed by atoms with van der Waals surface area (Å²) in [5, 5.41) is 0. The molecule has 0 heterocycles. The van der Waals surface area contributed by atoms with E-state index in [1.54, 1.807) is 6.92 Å². The van der Waals surface area contributed by atoms with Crippen molar-refractivity contribution in [1.82, 2.24) is 4.90 Å². The molecule has 0 aliphatic rings. The van der Waals surface area contributed by atoms with Crippen LogP contribution in [0.2, 0.25) is 0 Å². The minimum atomic E-state index is 0.0229. The Kier molecular flexibility index (Phi) is 5.54. The molecule has 0 spiro atoms. The van der Waals surface area contributed by atoms with Crippen molar-refractivity contribution in [2.75, 3.05) is 6.54 Å². The lowest BCUT2D eigenvalue weighted by atomic mass is 9.89. The van der Waals surface area contributed by atoms with E-state index in [0.29, 0.717) is 6.04 Å². The van der Waals surface area contributed by atoms with Gasteiger partial charge in [-0.15, -0.1) is 0 Å². The molecule has 0 aliphatic heterocycles. The lowest BCUT2D eigenvalue weighted by Crippen LogP contribution is -2.39. The smallest absolute Gasteiger partial charge is 0.134 e. The van der Waals surface area contributed by atoms with Crippen LogP contribution in [-0.4, -0.2) is 23.3 Å². The summed E-state index contributed by atoms with van der Waals surface area (Å²) >= 11 is 0. The highest BCUT2D eigenvalue weighted by Gasteiger charge is 2.29. The van der Waals surface area contributed by atoms with Gasteiger partial charge in [0.2, 0.25) is 0 Å². The van der Waals surface area contributed by atoms with Gasteiger partial charge in [0.1, 0.15) is 5.78 Å². The Hall–Kier alpha value is -1.15. The van der Waals surface area contributed by atoms with Crippen LogP contribution in [0.5, 0.6) is 0 Å². The number of rotatable bonds is 6. The molecule has 0 N–H and O–H groups in total. The quantitative estimate of drug-likeness (QED) is 0.764. The van der Waals surface area contributed by atoms with Crippen molar-refractivity contribution in [3.63, 3.8) is 0 Å². The molecule has 0 radical (unpaired) electrons. The zero-order valence-electron chi connectivity index (χ0n) is 12.2. The molecule has 2 heteroatoms. The third-order valence-electron chi connectivity index (χ3n) is 3.64. The summed E-state index contributed by atoms with van der Waals surface area (Å²) < 4.78 is 0. The fourth-order valence-electron chi connectivity index (χ4n) is 2.52. The topological polar surface area (TPSA) is 20.3 Å². The molecule has 0 saturated heterocycles. The monoisotopic (exact) mass is 247 g/mol. The minimum absolute atomic E-state index is 0.0229. The highest BCUT2D eigenvalue weighted by Crippen LogP contribution is 2.30. The lowest BCUT2D eigenvalue weighted by molar-refractivity contribution is -0.122. The first kappa shape index (κ1) is 14.9. The van der Waals surface area contributed by atoms with E-state index < -0.39 is 0 Å². The van der Waals surface area contributed by atoms with Gasteiger partial charge in [0.05, 0.1) is 0 Å². The van der Waals surface area contributed by atoms with Gasteiger partial charge in [-0.1, -0.05) is 44.2 Å². The van der Waals surface area contributed by atoms with Crippen LogP contribution in [0.1, 0.15) is 46.2 Å². The molecular weight excluding hydrogens is 222 g/mol. The van der Waals surface area contributed by atoms with Crippen LogP contribution in [0, 0.1) is 5.92 Å². The molecule has 0 aliphatic carbocycles. The third-order valence-corrected chi connectivity index (χ3v) is 3.64. The molecule has 1 rings (SSSR count). The van der Waals surface area contributed by atoms with E-state index in [1.165, 1.54) is 5.56 Å². The van der Waals surface area contributed by atoms with Gasteiger partial charge in [-0.3, -0.25) is 9.69 Å². The zero-order valence-corrected chi connectivity index (χ0v) is 12.2. The molecule has 0 saturated carbocycles. The highest BCUT2D eigenvalue weighted by atomic mass is 16.1. The molecule has 1 aromatic carbocycles. The van der Waals surface area contributed by atoms with Crippen molar-refractivity contribution >= 4 is 5.78 Å². The summed E-state index contributed by atoms with van der Waals surface area (Å²) in [7, 11) is 0. The maximum Gasteiger partial charge on any atom is 0.134 e. The Morgan fingerprint density at radius 1 is 1.17 bits per heavy atom. The molecule has 0 amide bonds. The van der Waals surface area contributed by atoms with Crippen LogP contribution in [0.3, 0.4) is 0 Å². The first-order valence-corrected chi connectivity index (χ1v) is 6.80. The highest BCUT2D eigenvalue weighted by molar-refractivity contribution is 5.78. The summed E-state index contributed by atoms with van der Waals surface area (Å²) in [6, 6.07) is 11.0. The predicted molar refractivity (Wildman–Crippen MR) is 76.5 cm³/mol. The molecule has 18 heavy (non-hydrogen) atoms. The van der Waals surface area contributed by atoms with Crippen molar-refractivity contribution < 1.29 is 4.79 Å². The molecule has 0 unspecified atom stereocenters. The van der Waals surface area contributed by atoms with E-state index in [2.05, 4.69) is 37.8 Å². The molecule has 0 fully saturated rings. The van der Waals surface area contributed by atoms with E-state index in [0.717, 1.165) is 6.54 Å². The molecule has 2 atom stereocenters. The van der Waals surface area contributed by atoms with Crippen LogP contribution < -0.4 is 0 Å². The van der Waals surface area contributed by atoms with Gasteiger partial charge >= 0.3 is 0 Å². The molecular formula is C16H25NO. The first-order valence-electron chi connectivity index (χ1n) is 6.80. The van der Waals surface area contributed by atoms with E-state index in [-0.39, 0.29) is 17.7 Å². The number of carbonyl (C=O) groups is 1. The summed E-state index contributed by atoms with van der Waals surface area (Å²) in [4.78, 5) is 14.2. The van der Waals surface area contributed by atoms with Crippen molar-refractivity contribution in [1.29, 1.82) is 0 Å². The number of ketones is 1. The van der Waals surface area contributed by atoms with Gasteiger partial charge in [0.25, 0.3) is 0 Å². The van der Waals surface area contributed by atoms with Crippen molar-refractivity contribution in [2.45, 2.75) is 46.7 Å². The fourth-order valence-corrected chi connectivity index (χ4v) is 2.52. The second-order valence-electron chi connectivity index (χ2n) is 5.18. The van der Waals surface area contributed by atoms with E-state index >= 15 is 0 Å². The molecule has 0 bridgehead atoms. The minimum Gasteiger partial charge on any atom is -0.300 e. The Balaban J connectivity index is 3.13. The average molecular weight is 247 g/mol. The third kappa shape index (κ3) is 3.42. The number of benzene rings is 1. The second kappa shape index (κ2) is 6.69. The summed E-state index contributed by atoms with van der Waals surface area (Å²) in [6.45, 7) is 11.2. The largest absolute Gasteiger partial charge is 0.300 e. The average Bonchev–Trinajstić information content (AvgIpc) is 2.35. The lowest BCUT2D eigenvalue weighted by Gasteiger charge is -2.37. The van der Waals surface area contributed by atoms with Crippen LogP contribution in [0.25, 0.3) is 0 Å². The van der Waals surface area contributed by atoms with E-state index in [4.69, 9.17) is 0 Å². The second-order valence-corrected chi connectivity index (χ2v) is 5.18. The SMILES string of the molecule is CCN(C(C)C)[C@@H](c1ccccc1)[C@H](C)C(C)=O. The van der Waals surface area contributed by atoms with Crippen LogP contribution in [0.4, 0.5) is 0 Å². The molecule has 1 aromatic rings. The summed E-state index contributed by atoms with van der Waals surface area (Å²) in [5.74, 6) is 0.276. The summed E-state index contributed by atoms with van der Waals surface area (Å²) in [5.41, 5.74) is 1.23. The van der Waals surface area contributed by atoms with Gasteiger partial charge in [0, 0.05) is 18.0 Å². The zero-order chi connectivity index (χ0) is 13.7. The molecule has 2 nitrogen and oxygen atoms in total. The van der Waals surface area contributed by atoms with Gasteiger partial charge < -0.3 is 0 Å². The number of hydrogen-bond acceptors (Lipinski definition) is 2. The molecule has 0 aromatic heterocycles. The summed E-state index contributed by atoms with van der Waals surface area (Å²) in [6.07, 6.45) is 0. The van der Waals surface area contributed by atoms with Crippen LogP contribution in [-0.2, 0) is 4.79 Å². The Morgan fingerprint density at radius 3 is 2.11 bits per heavy atom. The number of hydrogen-bond donors (Lipinski definition) is 0. The van der Waals surface area contributed by atoms with E-state index in [1.807, 2.05) is 25.1 Å². The van der Waals surface area contributed by atoms with Crippen molar-refractivity contribution in [2.24, 2.45) is 5.92 Å². The van der Waals surface area contributed by atoms with Crippen molar-refractivity contribution in [3.05, 3.63) is 35.9 Å². The first-order chi connectivity index (χ1) is 8.49. The standard InChI is InChI=1S/C16H25NO/c1-6-17(12(2)3)16(13(4)14(5)18)15-10-8-7-9-11-15/h7-13,16H,6H2,1-5H3/t13-,16-/m1/s1. The maximum atomic E-state index is 11.8. The molecule has 100 valence electrons. The maximum absolute atomic E-state index is 11.8. The van der Waals surface area contributed by atoms with Gasteiger partial charge in [-0.2, -0.15) is 0 Å². The predicted octanol–water partition coefficient (Wildman–Crippen LogP) is 3.68. The number of Topliss-reactive ketones (excluding diaryl/α,β-unsaturated/α-hetero) is 1. The van der Waals surface area contributed by atoms with Gasteiger partial charge in [-0.05, 0) is 32.9 Å². The van der Waals surface area contributed by atoms with Crippen LogP contribution in [0.15, 0.2) is 30.3 Å². The van der Waals surface area contributed by atoms with Crippen molar-refractivity contribution in [3.8, 4) is 0 Å². The Morgan fingerprint density at radius 2 is 1.72 bits per heavy atom. The van der Waals surface area contributed by atoms with Gasteiger partial charge in [0.15, 0.2) is 0 Å². The number of nitrogens with zero attached hydrogens (tertiary/aromatic N) is 1. The normalized spacial score (nSPS) is 14.8. The fraction of sp³-hybridized carbons (Fsp3) is 0.562. The Labute approximate surface area is 111 Å². The van der Waals surface area contributed by atoms with Crippen LogP contribution >= 0.6 is 0 Å². The van der Waals surface area contributed by atoms with E-state index in [9.17, 15) is 4.79 Å². The Bertz CT molecular complexity index is 372. The van der Waals surface area contributed by atoms with Gasteiger partial charge in [-0.25, -0.2) is 0 Å². The number of carbonyl (C=O) groups excluding carboxylic acids is 1.